The van der Waals surface area contributed by atoms with Gasteiger partial charge in [0.2, 0.25) is 0 Å². The summed E-state index contributed by atoms with van der Waals surface area (Å²) in [5.74, 6) is 0. The van der Waals surface area contributed by atoms with E-state index >= 15 is 0 Å². The summed E-state index contributed by atoms with van der Waals surface area (Å²) in [6.07, 6.45) is 1.90. The zero-order valence-electron chi connectivity index (χ0n) is 11.7. The van der Waals surface area contributed by atoms with Gasteiger partial charge in [0, 0.05) is 32.8 Å². The minimum absolute atomic E-state index is 0.0470. The molecule has 0 radical (unpaired) electrons. The van der Waals surface area contributed by atoms with Gasteiger partial charge in [0.25, 0.3) is 0 Å². The van der Waals surface area contributed by atoms with Gasteiger partial charge in [-0.1, -0.05) is 0 Å². The summed E-state index contributed by atoms with van der Waals surface area (Å²) in [6.45, 7) is 8.48. The van der Waals surface area contributed by atoms with Crippen LogP contribution in [0.1, 0.15) is 25.6 Å². The van der Waals surface area contributed by atoms with Gasteiger partial charge in [0.15, 0.2) is 0 Å². The lowest BCUT2D eigenvalue weighted by Gasteiger charge is -2.20. The summed E-state index contributed by atoms with van der Waals surface area (Å²) in [5, 5.41) is 1.04. The zero-order valence-corrected chi connectivity index (χ0v) is 13.3. The third-order valence-corrected chi connectivity index (χ3v) is 4.54. The molecule has 0 aliphatic carbocycles. The van der Waals surface area contributed by atoms with Gasteiger partial charge in [-0.2, -0.15) is 0 Å². The fraction of sp³-hybridized carbons (Fsp3) is 0.357. The van der Waals surface area contributed by atoms with Crippen LogP contribution >= 0.6 is 23.3 Å². The Morgan fingerprint density at radius 1 is 1.32 bits per heavy atom. The van der Waals surface area contributed by atoms with E-state index in [1.807, 2.05) is 24.4 Å². The van der Waals surface area contributed by atoms with Crippen molar-refractivity contribution in [1.29, 1.82) is 0 Å². The molecule has 2 rings (SSSR count). The summed E-state index contributed by atoms with van der Waals surface area (Å²) in [4.78, 5) is 6.79. The molecular formula is C14H19N3S2. The number of rotatable bonds is 3. The molecule has 0 aliphatic heterocycles. The SMILES string of the molecule is Cc1cnc(-c2ccc(N)cc2SNC(C)(C)C)s1. The van der Waals surface area contributed by atoms with Crippen molar-refractivity contribution in [3.05, 3.63) is 29.3 Å². The van der Waals surface area contributed by atoms with E-state index in [0.29, 0.717) is 0 Å². The van der Waals surface area contributed by atoms with E-state index in [-0.39, 0.29) is 5.54 Å². The molecule has 2 aromatic rings. The highest BCUT2D eigenvalue weighted by molar-refractivity contribution is 7.97. The molecule has 0 amide bonds. The number of aromatic nitrogens is 1. The van der Waals surface area contributed by atoms with Crippen molar-refractivity contribution < 1.29 is 0 Å². The quantitative estimate of drug-likeness (QED) is 0.661. The maximum absolute atomic E-state index is 5.89. The first-order valence-corrected chi connectivity index (χ1v) is 7.75. The third-order valence-electron chi connectivity index (χ3n) is 2.32. The van der Waals surface area contributed by atoms with Crippen LogP contribution in [0.5, 0.6) is 0 Å². The number of benzene rings is 1. The number of hydrogen-bond acceptors (Lipinski definition) is 5. The maximum Gasteiger partial charge on any atom is 0.124 e. The molecule has 0 spiro atoms. The van der Waals surface area contributed by atoms with Crippen LogP contribution in [-0.2, 0) is 0 Å². The lowest BCUT2D eigenvalue weighted by Crippen LogP contribution is -2.29. The number of thiazole rings is 1. The molecule has 1 aromatic carbocycles. The van der Waals surface area contributed by atoms with Crippen molar-refractivity contribution in [2.45, 2.75) is 38.1 Å². The molecule has 0 aliphatic rings. The van der Waals surface area contributed by atoms with Crippen LogP contribution in [0.4, 0.5) is 5.69 Å². The number of aryl methyl sites for hydroxylation is 1. The van der Waals surface area contributed by atoms with E-state index in [4.69, 9.17) is 5.73 Å². The van der Waals surface area contributed by atoms with Crippen LogP contribution in [0.2, 0.25) is 0 Å². The Bertz CT molecular complexity index is 570. The number of nitrogens with two attached hydrogens (primary N) is 1. The molecule has 0 atom stereocenters. The summed E-state index contributed by atoms with van der Waals surface area (Å²) in [7, 11) is 0. The summed E-state index contributed by atoms with van der Waals surface area (Å²) >= 11 is 3.31. The van der Waals surface area contributed by atoms with Crippen LogP contribution in [0, 0.1) is 6.92 Å². The van der Waals surface area contributed by atoms with Gasteiger partial charge in [-0.25, -0.2) is 4.98 Å². The molecule has 0 unspecified atom stereocenters. The van der Waals surface area contributed by atoms with Crippen LogP contribution in [0.25, 0.3) is 10.6 Å². The lowest BCUT2D eigenvalue weighted by molar-refractivity contribution is 0.535. The van der Waals surface area contributed by atoms with E-state index in [2.05, 4.69) is 37.4 Å². The topological polar surface area (TPSA) is 50.9 Å². The number of nitrogens with zero attached hydrogens (tertiary/aromatic N) is 1. The first-order valence-electron chi connectivity index (χ1n) is 6.11. The first kappa shape index (κ1) is 14.4. The summed E-state index contributed by atoms with van der Waals surface area (Å²) in [5.41, 5.74) is 7.85. The summed E-state index contributed by atoms with van der Waals surface area (Å²) in [6, 6.07) is 5.96. The van der Waals surface area contributed by atoms with E-state index in [1.165, 1.54) is 4.88 Å². The predicted octanol–water partition coefficient (Wildman–Crippen LogP) is 4.10. The smallest absolute Gasteiger partial charge is 0.124 e. The van der Waals surface area contributed by atoms with Crippen LogP contribution in [0.15, 0.2) is 29.3 Å². The standard InChI is InChI=1S/C14H19N3S2/c1-9-8-16-13(18-9)11-6-5-10(15)7-12(11)19-17-14(2,3)4/h5-8,17H,15H2,1-4H3. The molecule has 102 valence electrons. The molecule has 1 aromatic heterocycles. The molecule has 0 bridgehead atoms. The largest absolute Gasteiger partial charge is 0.399 e. The van der Waals surface area contributed by atoms with E-state index in [1.54, 1.807) is 23.3 Å². The second-order valence-corrected chi connectivity index (χ2v) is 7.57. The second-order valence-electron chi connectivity index (χ2n) is 5.49. The minimum Gasteiger partial charge on any atom is -0.399 e. The van der Waals surface area contributed by atoms with E-state index in [9.17, 15) is 0 Å². The van der Waals surface area contributed by atoms with E-state index in [0.717, 1.165) is 21.2 Å². The van der Waals surface area contributed by atoms with Gasteiger partial charge in [-0.15, -0.1) is 11.3 Å². The van der Waals surface area contributed by atoms with Gasteiger partial charge in [-0.3, -0.25) is 4.72 Å². The normalized spacial score (nSPS) is 11.8. The van der Waals surface area contributed by atoms with Crippen LogP contribution in [0.3, 0.4) is 0 Å². The van der Waals surface area contributed by atoms with Crippen molar-refractivity contribution in [3.63, 3.8) is 0 Å². The first-order chi connectivity index (χ1) is 8.85. The Balaban J connectivity index is 2.33. The predicted molar refractivity (Wildman–Crippen MR) is 85.4 cm³/mol. The van der Waals surface area contributed by atoms with Crippen LogP contribution < -0.4 is 10.5 Å². The molecule has 1 heterocycles. The highest BCUT2D eigenvalue weighted by atomic mass is 32.2. The van der Waals surface area contributed by atoms with Crippen LogP contribution in [-0.4, -0.2) is 10.5 Å². The Labute approximate surface area is 122 Å². The van der Waals surface area contributed by atoms with Gasteiger partial charge >= 0.3 is 0 Å². The Kier molecular flexibility index (Phi) is 4.18. The lowest BCUT2D eigenvalue weighted by atomic mass is 10.1. The maximum atomic E-state index is 5.89. The molecule has 19 heavy (non-hydrogen) atoms. The highest BCUT2D eigenvalue weighted by Gasteiger charge is 2.14. The monoisotopic (exact) mass is 293 g/mol. The number of anilines is 1. The number of nitrogen functional groups attached to an aromatic ring is 1. The molecule has 0 saturated heterocycles. The van der Waals surface area contributed by atoms with Crippen molar-refractivity contribution in [3.8, 4) is 10.6 Å². The number of hydrogen-bond donors (Lipinski definition) is 2. The van der Waals surface area contributed by atoms with Gasteiger partial charge in [0.1, 0.15) is 5.01 Å². The Hall–Kier alpha value is -1.04. The minimum atomic E-state index is 0.0470. The van der Waals surface area contributed by atoms with E-state index < -0.39 is 0 Å². The molecule has 0 fully saturated rings. The van der Waals surface area contributed by atoms with Crippen molar-refractivity contribution in [2.75, 3.05) is 5.73 Å². The Morgan fingerprint density at radius 2 is 2.05 bits per heavy atom. The second kappa shape index (κ2) is 5.53. The third kappa shape index (κ3) is 3.96. The molecule has 3 N–H and O–H groups in total. The average Bonchev–Trinajstić information content (AvgIpc) is 2.72. The zero-order chi connectivity index (χ0) is 14.0. The summed E-state index contributed by atoms with van der Waals surface area (Å²) < 4.78 is 3.42. The highest BCUT2D eigenvalue weighted by Crippen LogP contribution is 2.34. The van der Waals surface area contributed by atoms with Gasteiger partial charge < -0.3 is 5.73 Å². The average molecular weight is 293 g/mol. The fourth-order valence-electron chi connectivity index (χ4n) is 1.49. The molecule has 0 saturated carbocycles. The van der Waals surface area contributed by atoms with Crippen molar-refractivity contribution >= 4 is 29.0 Å². The van der Waals surface area contributed by atoms with Gasteiger partial charge in [-0.05, 0) is 57.8 Å². The molecule has 3 nitrogen and oxygen atoms in total. The molecular weight excluding hydrogens is 274 g/mol. The van der Waals surface area contributed by atoms with Crippen molar-refractivity contribution in [1.82, 2.24) is 9.71 Å². The molecule has 5 heteroatoms. The van der Waals surface area contributed by atoms with Crippen molar-refractivity contribution in [2.24, 2.45) is 0 Å². The number of nitrogens with one attached hydrogen (secondary N) is 1. The van der Waals surface area contributed by atoms with Gasteiger partial charge in [0.05, 0.1) is 0 Å². The Morgan fingerprint density at radius 3 is 2.63 bits per heavy atom. The fourth-order valence-corrected chi connectivity index (χ4v) is 3.24.